The maximum Gasteiger partial charge on any atom is 0.222 e. The number of hydrogen-bond donors (Lipinski definition) is 1. The maximum atomic E-state index is 11.7. The van der Waals surface area contributed by atoms with Crippen LogP contribution in [0.5, 0.6) is 0 Å². The third kappa shape index (κ3) is 2.27. The fourth-order valence-corrected chi connectivity index (χ4v) is 3.39. The first-order chi connectivity index (χ1) is 8.75. The Morgan fingerprint density at radius 1 is 1.44 bits per heavy atom. The van der Waals surface area contributed by atoms with Crippen LogP contribution < -0.4 is 5.32 Å². The summed E-state index contributed by atoms with van der Waals surface area (Å²) in [4.78, 5) is 16.2. The van der Waals surface area contributed by atoms with Crippen LogP contribution >= 0.6 is 0 Å². The zero-order valence-corrected chi connectivity index (χ0v) is 11.1. The average Bonchev–Trinajstić information content (AvgIpc) is 2.80. The lowest BCUT2D eigenvalue weighted by atomic mass is 10.1. The Morgan fingerprint density at radius 3 is 3.11 bits per heavy atom. The number of nitrogens with one attached hydrogen (secondary N) is 1. The molecule has 0 spiro atoms. The molecule has 1 N–H and O–H groups in total. The summed E-state index contributed by atoms with van der Waals surface area (Å²) in [6.07, 6.45) is 2.07. The van der Waals surface area contributed by atoms with Gasteiger partial charge in [0.15, 0.2) is 0 Å². The molecule has 18 heavy (non-hydrogen) atoms. The fourth-order valence-electron chi connectivity index (χ4n) is 3.39. The molecule has 0 aromatic rings. The molecule has 3 fully saturated rings. The highest BCUT2D eigenvalue weighted by atomic mass is 16.5. The molecule has 0 aromatic carbocycles. The quantitative estimate of drug-likeness (QED) is 0.732. The van der Waals surface area contributed by atoms with Crippen LogP contribution in [0.2, 0.25) is 0 Å². The Morgan fingerprint density at radius 2 is 2.33 bits per heavy atom. The Hall–Kier alpha value is -0.650. The first-order valence-corrected chi connectivity index (χ1v) is 7.11. The first-order valence-electron chi connectivity index (χ1n) is 7.11. The highest BCUT2D eigenvalue weighted by Gasteiger charge is 2.38. The van der Waals surface area contributed by atoms with Crippen molar-refractivity contribution in [2.45, 2.75) is 38.0 Å². The van der Waals surface area contributed by atoms with E-state index in [1.54, 1.807) is 0 Å². The molecule has 3 unspecified atom stereocenters. The molecule has 3 saturated heterocycles. The highest BCUT2D eigenvalue weighted by Crippen LogP contribution is 2.24. The highest BCUT2D eigenvalue weighted by molar-refractivity contribution is 5.78. The van der Waals surface area contributed by atoms with Crippen molar-refractivity contribution in [1.82, 2.24) is 15.1 Å². The molecule has 1 amide bonds. The zero-order valence-electron chi connectivity index (χ0n) is 11.1. The molecular formula is C13H23N3O2. The second-order valence-corrected chi connectivity index (χ2v) is 5.63. The number of ether oxygens (including phenoxy) is 1. The van der Waals surface area contributed by atoms with Crippen molar-refractivity contribution in [3.63, 3.8) is 0 Å². The van der Waals surface area contributed by atoms with E-state index in [0.29, 0.717) is 24.1 Å². The topological polar surface area (TPSA) is 44.8 Å². The summed E-state index contributed by atoms with van der Waals surface area (Å²) >= 11 is 0. The first kappa shape index (κ1) is 12.4. The number of carbonyl (C=O) groups excluding carboxylic acids is 1. The number of carbonyl (C=O) groups is 1. The molecular weight excluding hydrogens is 230 g/mol. The third-order valence-electron chi connectivity index (χ3n) is 4.60. The van der Waals surface area contributed by atoms with Gasteiger partial charge in [-0.15, -0.1) is 0 Å². The van der Waals surface area contributed by atoms with E-state index < -0.39 is 0 Å². The van der Waals surface area contributed by atoms with E-state index in [2.05, 4.69) is 22.0 Å². The predicted molar refractivity (Wildman–Crippen MR) is 68.4 cm³/mol. The largest absolute Gasteiger partial charge is 0.374 e. The molecule has 3 heterocycles. The third-order valence-corrected chi connectivity index (χ3v) is 4.60. The van der Waals surface area contributed by atoms with Crippen LogP contribution in [0.15, 0.2) is 0 Å². The van der Waals surface area contributed by atoms with Crippen LogP contribution in [0.1, 0.15) is 19.8 Å². The van der Waals surface area contributed by atoms with Gasteiger partial charge in [-0.25, -0.2) is 0 Å². The van der Waals surface area contributed by atoms with Gasteiger partial charge in [0.05, 0.1) is 12.7 Å². The van der Waals surface area contributed by atoms with Crippen LogP contribution in [0.4, 0.5) is 0 Å². The Bertz CT molecular complexity index is 317. The smallest absolute Gasteiger partial charge is 0.222 e. The Balaban J connectivity index is 1.58. The number of nitrogens with zero attached hydrogens (tertiary/aromatic N) is 2. The van der Waals surface area contributed by atoms with Gasteiger partial charge in [-0.05, 0) is 13.3 Å². The van der Waals surface area contributed by atoms with Crippen LogP contribution in [0, 0.1) is 0 Å². The van der Waals surface area contributed by atoms with E-state index in [1.807, 2.05) is 0 Å². The Labute approximate surface area is 108 Å². The van der Waals surface area contributed by atoms with Gasteiger partial charge in [-0.2, -0.15) is 0 Å². The van der Waals surface area contributed by atoms with Gasteiger partial charge in [0.2, 0.25) is 5.91 Å². The lowest BCUT2D eigenvalue weighted by Gasteiger charge is -2.43. The average molecular weight is 253 g/mol. The van der Waals surface area contributed by atoms with E-state index in [9.17, 15) is 4.79 Å². The number of hydrogen-bond acceptors (Lipinski definition) is 4. The second-order valence-electron chi connectivity index (χ2n) is 5.63. The van der Waals surface area contributed by atoms with Crippen molar-refractivity contribution in [3.8, 4) is 0 Å². The van der Waals surface area contributed by atoms with Crippen LogP contribution in [0.25, 0.3) is 0 Å². The maximum absolute atomic E-state index is 11.7. The summed E-state index contributed by atoms with van der Waals surface area (Å²) in [5.41, 5.74) is 0. The van der Waals surface area contributed by atoms with E-state index in [4.69, 9.17) is 4.74 Å². The second kappa shape index (κ2) is 5.15. The molecule has 3 atom stereocenters. The van der Waals surface area contributed by atoms with Crippen molar-refractivity contribution in [2.75, 3.05) is 39.3 Å². The van der Waals surface area contributed by atoms with Gasteiger partial charge in [-0.1, -0.05) is 0 Å². The summed E-state index contributed by atoms with van der Waals surface area (Å²) < 4.78 is 5.84. The summed E-state index contributed by atoms with van der Waals surface area (Å²) in [6, 6.07) is 0.890. The van der Waals surface area contributed by atoms with Crippen molar-refractivity contribution in [2.24, 2.45) is 0 Å². The lowest BCUT2D eigenvalue weighted by Crippen LogP contribution is -2.58. The number of fused-ring (bicyclic) bond motifs is 1. The van der Waals surface area contributed by atoms with Crippen molar-refractivity contribution in [1.29, 1.82) is 0 Å². The van der Waals surface area contributed by atoms with E-state index in [1.165, 1.54) is 0 Å². The SMILES string of the molecule is CC(C1CNCCO1)N1CCN2C(=O)CCC2C1. The molecule has 3 aliphatic rings. The van der Waals surface area contributed by atoms with Gasteiger partial charge in [0, 0.05) is 51.2 Å². The standard InChI is InChI=1S/C13H23N3O2/c1-10(12-8-14-4-7-18-12)15-5-6-16-11(9-15)2-3-13(16)17/h10-12,14H,2-9H2,1H3. The molecule has 3 aliphatic heterocycles. The number of morpholine rings is 1. The van der Waals surface area contributed by atoms with Gasteiger partial charge >= 0.3 is 0 Å². The van der Waals surface area contributed by atoms with Crippen LogP contribution in [0.3, 0.4) is 0 Å². The van der Waals surface area contributed by atoms with Gasteiger partial charge in [-0.3, -0.25) is 9.69 Å². The summed E-state index contributed by atoms with van der Waals surface area (Å²) in [7, 11) is 0. The number of amides is 1. The van der Waals surface area contributed by atoms with E-state index >= 15 is 0 Å². The number of piperazine rings is 1. The monoisotopic (exact) mass is 253 g/mol. The van der Waals surface area contributed by atoms with Gasteiger partial charge in [0.1, 0.15) is 0 Å². The van der Waals surface area contributed by atoms with Crippen LogP contribution in [-0.4, -0.2) is 73.2 Å². The molecule has 0 bridgehead atoms. The van der Waals surface area contributed by atoms with E-state index in [-0.39, 0.29) is 0 Å². The minimum Gasteiger partial charge on any atom is -0.374 e. The summed E-state index contributed by atoms with van der Waals surface area (Å²) in [5.74, 6) is 0.350. The zero-order chi connectivity index (χ0) is 12.5. The number of rotatable bonds is 2. The van der Waals surface area contributed by atoms with Gasteiger partial charge < -0.3 is 15.0 Å². The summed E-state index contributed by atoms with van der Waals surface area (Å²) in [5, 5.41) is 3.39. The van der Waals surface area contributed by atoms with Gasteiger partial charge in [0.25, 0.3) is 0 Å². The van der Waals surface area contributed by atoms with Crippen molar-refractivity contribution < 1.29 is 9.53 Å². The van der Waals surface area contributed by atoms with Crippen molar-refractivity contribution >= 4 is 5.91 Å². The molecule has 102 valence electrons. The molecule has 5 heteroatoms. The summed E-state index contributed by atoms with van der Waals surface area (Å²) in [6.45, 7) is 7.89. The normalized spacial score (nSPS) is 35.6. The molecule has 0 aliphatic carbocycles. The molecule has 3 rings (SSSR count). The minimum atomic E-state index is 0.294. The minimum absolute atomic E-state index is 0.294. The fraction of sp³-hybridized carbons (Fsp3) is 0.923. The molecule has 0 aromatic heterocycles. The van der Waals surface area contributed by atoms with Crippen molar-refractivity contribution in [3.05, 3.63) is 0 Å². The molecule has 5 nitrogen and oxygen atoms in total. The Kier molecular flexibility index (Phi) is 3.54. The molecule has 0 saturated carbocycles. The van der Waals surface area contributed by atoms with E-state index in [0.717, 1.165) is 52.2 Å². The van der Waals surface area contributed by atoms with Crippen LogP contribution in [-0.2, 0) is 9.53 Å². The lowest BCUT2D eigenvalue weighted by molar-refractivity contribution is -0.131. The predicted octanol–water partition coefficient (Wildman–Crippen LogP) is -0.330. The molecule has 0 radical (unpaired) electrons.